The summed E-state index contributed by atoms with van der Waals surface area (Å²) in [5, 5.41) is 13.7. The number of hydrogen-bond acceptors (Lipinski definition) is 4. The number of amides is 1. The number of nitrogens with zero attached hydrogens (tertiary/aromatic N) is 2. The zero-order valence-corrected chi connectivity index (χ0v) is 12.7. The molecule has 0 radical (unpaired) electrons. The standard InChI is InChI=1S/C16H14N4O4/c1-9-2-4-10(5-3-9)11-6-12(21)14(15-18-8-19-20(11)15)16(24)17-7-13(22)23/h2-6,8H,7H2,1H3,(H,17,24)(H,18,19)(H,22,23). The lowest BCUT2D eigenvalue weighted by atomic mass is 10.1. The molecule has 0 aliphatic carbocycles. The van der Waals surface area contributed by atoms with Gasteiger partial charge in [0.25, 0.3) is 5.91 Å². The highest BCUT2D eigenvalue weighted by atomic mass is 16.4. The van der Waals surface area contributed by atoms with E-state index in [1.807, 2.05) is 31.2 Å². The van der Waals surface area contributed by atoms with Gasteiger partial charge in [0.2, 0.25) is 0 Å². The van der Waals surface area contributed by atoms with Crippen molar-refractivity contribution in [1.82, 2.24) is 19.9 Å². The molecule has 3 N–H and O–H groups in total. The molecule has 1 amide bonds. The van der Waals surface area contributed by atoms with Crippen LogP contribution in [0.5, 0.6) is 0 Å². The molecule has 122 valence electrons. The maximum Gasteiger partial charge on any atom is 0.322 e. The summed E-state index contributed by atoms with van der Waals surface area (Å²) in [4.78, 5) is 39.1. The van der Waals surface area contributed by atoms with Gasteiger partial charge in [0.15, 0.2) is 11.1 Å². The van der Waals surface area contributed by atoms with Crippen LogP contribution in [0.25, 0.3) is 16.9 Å². The number of aryl methyl sites for hydroxylation is 1. The van der Waals surface area contributed by atoms with Crippen LogP contribution in [-0.2, 0) is 4.79 Å². The number of fused-ring (bicyclic) bond motifs is 1. The van der Waals surface area contributed by atoms with Crippen molar-refractivity contribution in [3.05, 3.63) is 58.0 Å². The average molecular weight is 326 g/mol. The summed E-state index contributed by atoms with van der Waals surface area (Å²) in [6.45, 7) is 1.38. The molecule has 0 saturated carbocycles. The molecule has 0 atom stereocenters. The van der Waals surface area contributed by atoms with E-state index in [-0.39, 0.29) is 11.2 Å². The van der Waals surface area contributed by atoms with Gasteiger partial charge in [-0.05, 0) is 6.92 Å². The topological polar surface area (TPSA) is 117 Å². The number of nitrogens with one attached hydrogen (secondary N) is 2. The molecule has 2 aromatic heterocycles. The molecule has 0 bridgehead atoms. The van der Waals surface area contributed by atoms with Gasteiger partial charge < -0.3 is 10.4 Å². The van der Waals surface area contributed by atoms with Gasteiger partial charge in [-0.3, -0.25) is 19.5 Å². The molecule has 0 unspecified atom stereocenters. The average Bonchev–Trinajstić information content (AvgIpc) is 3.02. The Bertz CT molecular complexity index is 985. The monoisotopic (exact) mass is 326 g/mol. The van der Waals surface area contributed by atoms with E-state index in [4.69, 9.17) is 5.11 Å². The highest BCUT2D eigenvalue weighted by molar-refractivity contribution is 6.01. The van der Waals surface area contributed by atoms with Crippen LogP contribution in [0.2, 0.25) is 0 Å². The molecule has 1 aromatic carbocycles. The number of carboxylic acid groups (broad SMARTS) is 1. The SMILES string of the molecule is Cc1ccc(-c2cc(=O)c(C(=O)NCC(=O)O)c3nc[nH]n23)cc1. The molecule has 0 saturated heterocycles. The number of rotatable bonds is 4. The summed E-state index contributed by atoms with van der Waals surface area (Å²) in [6, 6.07) is 8.88. The Morgan fingerprint density at radius 2 is 2.00 bits per heavy atom. The van der Waals surface area contributed by atoms with E-state index in [1.54, 1.807) is 0 Å². The number of carbonyl (C=O) groups is 2. The van der Waals surface area contributed by atoms with Gasteiger partial charge in [0.1, 0.15) is 18.4 Å². The van der Waals surface area contributed by atoms with Crippen molar-refractivity contribution in [2.24, 2.45) is 0 Å². The van der Waals surface area contributed by atoms with E-state index in [2.05, 4.69) is 15.4 Å². The van der Waals surface area contributed by atoms with Crippen molar-refractivity contribution in [1.29, 1.82) is 0 Å². The minimum atomic E-state index is -1.20. The second-order valence-corrected chi connectivity index (χ2v) is 5.26. The first-order valence-corrected chi connectivity index (χ1v) is 7.13. The molecule has 0 spiro atoms. The predicted molar refractivity (Wildman–Crippen MR) is 86.0 cm³/mol. The van der Waals surface area contributed by atoms with Gasteiger partial charge in [0.05, 0.1) is 5.69 Å². The zero-order valence-electron chi connectivity index (χ0n) is 12.7. The van der Waals surface area contributed by atoms with Crippen molar-refractivity contribution in [2.75, 3.05) is 6.54 Å². The first kappa shape index (κ1) is 15.5. The van der Waals surface area contributed by atoms with Crippen LogP contribution in [0.4, 0.5) is 0 Å². The molecule has 8 heteroatoms. The van der Waals surface area contributed by atoms with Crippen LogP contribution in [0.3, 0.4) is 0 Å². The Kier molecular flexibility index (Phi) is 3.87. The fraction of sp³-hybridized carbons (Fsp3) is 0.125. The Labute approximate surface area is 135 Å². The Balaban J connectivity index is 2.13. The van der Waals surface area contributed by atoms with Crippen LogP contribution >= 0.6 is 0 Å². The third-order valence-corrected chi connectivity index (χ3v) is 3.54. The van der Waals surface area contributed by atoms with Gasteiger partial charge in [-0.15, -0.1) is 0 Å². The third kappa shape index (κ3) is 2.76. The summed E-state index contributed by atoms with van der Waals surface area (Å²) >= 11 is 0. The van der Waals surface area contributed by atoms with Gasteiger partial charge in [0, 0.05) is 11.6 Å². The Morgan fingerprint density at radius 3 is 2.67 bits per heavy atom. The summed E-state index contributed by atoms with van der Waals surface area (Å²) < 4.78 is 1.52. The highest BCUT2D eigenvalue weighted by Crippen LogP contribution is 2.20. The molecule has 0 fully saturated rings. The van der Waals surface area contributed by atoms with Gasteiger partial charge >= 0.3 is 5.97 Å². The quantitative estimate of drug-likeness (QED) is 0.656. The fourth-order valence-corrected chi connectivity index (χ4v) is 2.39. The lowest BCUT2D eigenvalue weighted by Gasteiger charge is -2.08. The number of aromatic nitrogens is 3. The van der Waals surface area contributed by atoms with Crippen LogP contribution in [0.15, 0.2) is 41.5 Å². The summed E-state index contributed by atoms with van der Waals surface area (Å²) in [5.41, 5.74) is 1.84. The van der Waals surface area contributed by atoms with E-state index in [1.165, 1.54) is 16.9 Å². The van der Waals surface area contributed by atoms with Gasteiger partial charge in [-0.1, -0.05) is 29.8 Å². The van der Waals surface area contributed by atoms with Gasteiger partial charge in [-0.2, -0.15) is 0 Å². The highest BCUT2D eigenvalue weighted by Gasteiger charge is 2.19. The number of carbonyl (C=O) groups excluding carboxylic acids is 1. The Hall–Kier alpha value is -3.42. The molecular weight excluding hydrogens is 312 g/mol. The lowest BCUT2D eigenvalue weighted by molar-refractivity contribution is -0.135. The summed E-state index contributed by atoms with van der Waals surface area (Å²) in [7, 11) is 0. The lowest BCUT2D eigenvalue weighted by Crippen LogP contribution is -2.33. The van der Waals surface area contributed by atoms with Gasteiger partial charge in [-0.25, -0.2) is 9.50 Å². The smallest absolute Gasteiger partial charge is 0.322 e. The van der Waals surface area contributed by atoms with Crippen molar-refractivity contribution in [3.63, 3.8) is 0 Å². The number of aliphatic carboxylic acids is 1. The fourth-order valence-electron chi connectivity index (χ4n) is 2.39. The molecule has 0 aliphatic heterocycles. The molecule has 24 heavy (non-hydrogen) atoms. The van der Waals surface area contributed by atoms with Crippen LogP contribution in [-0.4, -0.2) is 38.1 Å². The zero-order chi connectivity index (χ0) is 17.3. The van der Waals surface area contributed by atoms with Crippen LogP contribution < -0.4 is 10.7 Å². The number of aromatic amines is 1. The number of H-pyrrole nitrogens is 1. The largest absolute Gasteiger partial charge is 0.480 e. The first-order valence-electron chi connectivity index (χ1n) is 7.13. The number of benzene rings is 1. The van der Waals surface area contributed by atoms with E-state index < -0.39 is 23.9 Å². The minimum absolute atomic E-state index is 0.140. The molecule has 0 aliphatic rings. The van der Waals surface area contributed by atoms with Crippen molar-refractivity contribution >= 4 is 17.5 Å². The Morgan fingerprint density at radius 1 is 1.29 bits per heavy atom. The van der Waals surface area contributed by atoms with Crippen molar-refractivity contribution < 1.29 is 14.7 Å². The van der Waals surface area contributed by atoms with Crippen LogP contribution in [0, 0.1) is 6.92 Å². The maximum absolute atomic E-state index is 12.4. The maximum atomic E-state index is 12.4. The normalized spacial score (nSPS) is 10.7. The molecule has 3 rings (SSSR count). The molecule has 3 aromatic rings. The van der Waals surface area contributed by atoms with E-state index >= 15 is 0 Å². The first-order chi connectivity index (χ1) is 11.5. The molecular formula is C16H14N4O4. The molecule has 2 heterocycles. The third-order valence-electron chi connectivity index (χ3n) is 3.54. The predicted octanol–water partition coefficient (Wildman–Crippen LogP) is 0.812. The second kappa shape index (κ2) is 5.99. The second-order valence-electron chi connectivity index (χ2n) is 5.26. The van der Waals surface area contributed by atoms with Crippen LogP contribution in [0.1, 0.15) is 15.9 Å². The minimum Gasteiger partial charge on any atom is -0.480 e. The number of hydrogen-bond donors (Lipinski definition) is 3. The van der Waals surface area contributed by atoms with E-state index in [0.717, 1.165) is 11.1 Å². The van der Waals surface area contributed by atoms with Crippen molar-refractivity contribution in [2.45, 2.75) is 6.92 Å². The van der Waals surface area contributed by atoms with Crippen molar-refractivity contribution in [3.8, 4) is 11.3 Å². The molecule has 8 nitrogen and oxygen atoms in total. The summed E-state index contributed by atoms with van der Waals surface area (Å²) in [6.07, 6.45) is 1.36. The van der Waals surface area contributed by atoms with E-state index in [9.17, 15) is 14.4 Å². The number of pyridine rings is 1. The number of carboxylic acids is 1. The summed E-state index contributed by atoms with van der Waals surface area (Å²) in [5.74, 6) is -1.97. The van der Waals surface area contributed by atoms with E-state index in [0.29, 0.717) is 5.69 Å².